The van der Waals surface area contributed by atoms with Crippen molar-refractivity contribution in [3.05, 3.63) is 29.3 Å². The lowest BCUT2D eigenvalue weighted by molar-refractivity contribution is 0.316. The zero-order valence-electron chi connectivity index (χ0n) is 11.1. The lowest BCUT2D eigenvalue weighted by Crippen LogP contribution is -2.31. The van der Waals surface area contributed by atoms with E-state index in [0.29, 0.717) is 12.0 Å². The van der Waals surface area contributed by atoms with Crippen LogP contribution >= 0.6 is 0 Å². The zero-order chi connectivity index (χ0) is 12.3. The summed E-state index contributed by atoms with van der Waals surface area (Å²) in [6.07, 6.45) is 2.19. The second-order valence-electron chi connectivity index (χ2n) is 4.91. The van der Waals surface area contributed by atoms with Crippen LogP contribution in [-0.2, 0) is 0 Å². The number of hydrogen-bond acceptors (Lipinski definition) is 2. The normalized spacial score (nSPS) is 23.2. The Labute approximate surface area is 104 Å². The summed E-state index contributed by atoms with van der Waals surface area (Å²) in [5.41, 5.74) is 2.92. The van der Waals surface area contributed by atoms with E-state index in [1.165, 1.54) is 11.1 Å². The standard InChI is InChI=1S/C15H23NO/c1-4-8-17-12-6-7-13-11(3)10-16-15(5-2)14(13)9-12/h6-7,9,11,15-16H,4-5,8,10H2,1-3H3. The summed E-state index contributed by atoms with van der Waals surface area (Å²) in [6.45, 7) is 8.54. The molecule has 0 aromatic heterocycles. The summed E-state index contributed by atoms with van der Waals surface area (Å²) in [5.74, 6) is 1.62. The molecule has 0 amide bonds. The Bertz CT molecular complexity index is 375. The average Bonchev–Trinajstić information content (AvgIpc) is 2.37. The molecule has 0 fully saturated rings. The Morgan fingerprint density at radius 3 is 2.82 bits per heavy atom. The van der Waals surface area contributed by atoms with Crippen molar-refractivity contribution >= 4 is 0 Å². The molecule has 1 aromatic carbocycles. The van der Waals surface area contributed by atoms with E-state index in [2.05, 4.69) is 44.3 Å². The molecule has 1 aromatic rings. The molecule has 1 N–H and O–H groups in total. The molecule has 0 radical (unpaired) electrons. The molecule has 2 rings (SSSR count). The molecule has 0 saturated carbocycles. The van der Waals surface area contributed by atoms with Gasteiger partial charge in [0, 0.05) is 12.6 Å². The molecule has 0 spiro atoms. The van der Waals surface area contributed by atoms with Gasteiger partial charge in [0.1, 0.15) is 5.75 Å². The van der Waals surface area contributed by atoms with Gasteiger partial charge in [0.2, 0.25) is 0 Å². The second-order valence-corrected chi connectivity index (χ2v) is 4.91. The van der Waals surface area contributed by atoms with Gasteiger partial charge in [0.15, 0.2) is 0 Å². The maximum atomic E-state index is 5.72. The van der Waals surface area contributed by atoms with Crippen LogP contribution in [0.3, 0.4) is 0 Å². The Morgan fingerprint density at radius 1 is 1.29 bits per heavy atom. The Balaban J connectivity index is 2.27. The Morgan fingerprint density at radius 2 is 2.12 bits per heavy atom. The first-order valence-electron chi connectivity index (χ1n) is 6.76. The highest BCUT2D eigenvalue weighted by Crippen LogP contribution is 2.34. The topological polar surface area (TPSA) is 21.3 Å². The fourth-order valence-electron chi connectivity index (χ4n) is 2.52. The SMILES string of the molecule is CCCOc1ccc2c(c1)C(CC)NCC2C. The fraction of sp³-hybridized carbons (Fsp3) is 0.600. The van der Waals surface area contributed by atoms with Crippen molar-refractivity contribution in [3.63, 3.8) is 0 Å². The third-order valence-electron chi connectivity index (χ3n) is 3.52. The number of hydrogen-bond donors (Lipinski definition) is 1. The fourth-order valence-corrected chi connectivity index (χ4v) is 2.52. The van der Waals surface area contributed by atoms with Crippen LogP contribution < -0.4 is 10.1 Å². The second kappa shape index (κ2) is 5.54. The molecule has 17 heavy (non-hydrogen) atoms. The first kappa shape index (κ1) is 12.4. The van der Waals surface area contributed by atoms with Gasteiger partial charge in [-0.1, -0.05) is 26.8 Å². The molecule has 1 aliphatic rings. The van der Waals surface area contributed by atoms with E-state index in [0.717, 1.165) is 31.7 Å². The molecular weight excluding hydrogens is 210 g/mol. The van der Waals surface area contributed by atoms with Crippen molar-refractivity contribution in [2.24, 2.45) is 0 Å². The van der Waals surface area contributed by atoms with E-state index >= 15 is 0 Å². The van der Waals surface area contributed by atoms with Crippen molar-refractivity contribution in [1.29, 1.82) is 0 Å². The van der Waals surface area contributed by atoms with Crippen molar-refractivity contribution in [2.45, 2.75) is 45.6 Å². The Hall–Kier alpha value is -1.02. The van der Waals surface area contributed by atoms with E-state index in [1.807, 2.05) is 0 Å². The maximum Gasteiger partial charge on any atom is 0.119 e. The maximum absolute atomic E-state index is 5.72. The minimum atomic E-state index is 0.492. The predicted molar refractivity (Wildman–Crippen MR) is 71.7 cm³/mol. The molecule has 0 saturated heterocycles. The van der Waals surface area contributed by atoms with Crippen molar-refractivity contribution in [1.82, 2.24) is 5.32 Å². The molecule has 0 bridgehead atoms. The van der Waals surface area contributed by atoms with Crippen LogP contribution in [0.15, 0.2) is 18.2 Å². The molecule has 0 aliphatic carbocycles. The highest BCUT2D eigenvalue weighted by Gasteiger charge is 2.23. The molecule has 2 unspecified atom stereocenters. The summed E-state index contributed by atoms with van der Waals surface area (Å²) in [7, 11) is 0. The third-order valence-corrected chi connectivity index (χ3v) is 3.52. The monoisotopic (exact) mass is 233 g/mol. The van der Waals surface area contributed by atoms with Gasteiger partial charge in [0.05, 0.1) is 6.61 Å². The van der Waals surface area contributed by atoms with Gasteiger partial charge in [-0.2, -0.15) is 0 Å². The van der Waals surface area contributed by atoms with E-state index in [-0.39, 0.29) is 0 Å². The van der Waals surface area contributed by atoms with Crippen LogP contribution in [0.4, 0.5) is 0 Å². The summed E-state index contributed by atoms with van der Waals surface area (Å²) in [4.78, 5) is 0. The molecule has 1 aliphatic heterocycles. The van der Waals surface area contributed by atoms with E-state index in [4.69, 9.17) is 4.74 Å². The van der Waals surface area contributed by atoms with Gasteiger partial charge in [0.25, 0.3) is 0 Å². The van der Waals surface area contributed by atoms with E-state index < -0.39 is 0 Å². The minimum absolute atomic E-state index is 0.492. The lowest BCUT2D eigenvalue weighted by atomic mass is 9.86. The molecule has 2 nitrogen and oxygen atoms in total. The molecule has 1 heterocycles. The molecular formula is C15H23NO. The van der Waals surface area contributed by atoms with E-state index in [9.17, 15) is 0 Å². The number of rotatable bonds is 4. The van der Waals surface area contributed by atoms with Gasteiger partial charge in [-0.05, 0) is 42.0 Å². The van der Waals surface area contributed by atoms with Gasteiger partial charge in [-0.3, -0.25) is 0 Å². The highest BCUT2D eigenvalue weighted by atomic mass is 16.5. The number of fused-ring (bicyclic) bond motifs is 1. The minimum Gasteiger partial charge on any atom is -0.494 e. The van der Waals surface area contributed by atoms with Crippen molar-refractivity contribution in [3.8, 4) is 5.75 Å². The zero-order valence-corrected chi connectivity index (χ0v) is 11.1. The van der Waals surface area contributed by atoms with Gasteiger partial charge in [-0.25, -0.2) is 0 Å². The van der Waals surface area contributed by atoms with Gasteiger partial charge < -0.3 is 10.1 Å². The van der Waals surface area contributed by atoms with Crippen molar-refractivity contribution < 1.29 is 4.74 Å². The first-order chi connectivity index (χ1) is 8.26. The Kier molecular flexibility index (Phi) is 4.06. The van der Waals surface area contributed by atoms with Crippen LogP contribution in [-0.4, -0.2) is 13.2 Å². The van der Waals surface area contributed by atoms with Crippen LogP contribution in [0.1, 0.15) is 56.7 Å². The van der Waals surface area contributed by atoms with Gasteiger partial charge in [-0.15, -0.1) is 0 Å². The van der Waals surface area contributed by atoms with E-state index in [1.54, 1.807) is 0 Å². The van der Waals surface area contributed by atoms with Crippen LogP contribution in [0.5, 0.6) is 5.75 Å². The largest absolute Gasteiger partial charge is 0.494 e. The first-order valence-corrected chi connectivity index (χ1v) is 6.76. The predicted octanol–water partition coefficient (Wildman–Crippen LogP) is 3.63. The number of benzene rings is 1. The number of ether oxygens (including phenoxy) is 1. The van der Waals surface area contributed by atoms with Crippen molar-refractivity contribution in [2.75, 3.05) is 13.2 Å². The summed E-state index contributed by atoms with van der Waals surface area (Å²) >= 11 is 0. The van der Waals surface area contributed by atoms with Crippen LogP contribution in [0, 0.1) is 0 Å². The third kappa shape index (κ3) is 2.63. The molecule has 94 valence electrons. The lowest BCUT2D eigenvalue weighted by Gasteiger charge is -2.30. The summed E-state index contributed by atoms with van der Waals surface area (Å²) in [5, 5.41) is 3.60. The quantitative estimate of drug-likeness (QED) is 0.857. The molecule has 2 heteroatoms. The highest BCUT2D eigenvalue weighted by molar-refractivity contribution is 5.41. The molecule has 2 atom stereocenters. The summed E-state index contributed by atoms with van der Waals surface area (Å²) in [6, 6.07) is 7.07. The summed E-state index contributed by atoms with van der Waals surface area (Å²) < 4.78 is 5.72. The number of nitrogens with one attached hydrogen (secondary N) is 1. The van der Waals surface area contributed by atoms with Crippen LogP contribution in [0.2, 0.25) is 0 Å². The smallest absolute Gasteiger partial charge is 0.119 e. The van der Waals surface area contributed by atoms with Crippen LogP contribution in [0.25, 0.3) is 0 Å². The van der Waals surface area contributed by atoms with Gasteiger partial charge >= 0.3 is 0 Å². The average molecular weight is 233 g/mol.